The van der Waals surface area contributed by atoms with E-state index in [2.05, 4.69) is 6.92 Å². The van der Waals surface area contributed by atoms with Crippen molar-refractivity contribution in [3.63, 3.8) is 0 Å². The molecule has 3 N–H and O–H groups in total. The molecule has 1 saturated carbocycles. The number of aliphatic hydroxyl groups excluding tert-OH is 2. The number of ether oxygens (including phenoxy) is 1. The molecule has 0 aliphatic heterocycles. The van der Waals surface area contributed by atoms with Gasteiger partial charge in [-0.05, 0) is 48.2 Å². The highest BCUT2D eigenvalue weighted by Gasteiger charge is 2.71. The highest BCUT2D eigenvalue weighted by molar-refractivity contribution is 5.95. The lowest BCUT2D eigenvalue weighted by atomic mass is 9.59. The number of rotatable bonds is 4. The fourth-order valence-corrected chi connectivity index (χ4v) is 5.92. The van der Waals surface area contributed by atoms with Crippen LogP contribution in [0, 0.1) is 28.6 Å². The van der Waals surface area contributed by atoms with Gasteiger partial charge in [0.05, 0.1) is 5.41 Å². The normalized spacial score (nSPS) is 42.6. The molecule has 1 fully saturated rings. The van der Waals surface area contributed by atoms with Gasteiger partial charge in [0.2, 0.25) is 0 Å². The number of hydrogen-bond acceptors (Lipinski definition) is 6. The lowest BCUT2D eigenvalue weighted by Crippen LogP contribution is -2.65. The molecule has 6 heteroatoms. The maximum Gasteiger partial charge on any atom is 0.306 e. The Morgan fingerprint density at radius 1 is 1.20 bits per heavy atom. The van der Waals surface area contributed by atoms with E-state index in [0.29, 0.717) is 18.4 Å². The van der Waals surface area contributed by atoms with Crippen LogP contribution in [0.3, 0.4) is 0 Å². The van der Waals surface area contributed by atoms with E-state index in [4.69, 9.17) is 4.74 Å². The van der Waals surface area contributed by atoms with E-state index in [-0.39, 0.29) is 36.2 Å². The first-order chi connectivity index (χ1) is 13.9. The Kier molecular flexibility index (Phi) is 5.85. The summed E-state index contributed by atoms with van der Waals surface area (Å²) < 4.78 is 5.35. The van der Waals surface area contributed by atoms with Crippen molar-refractivity contribution in [2.24, 2.45) is 28.6 Å². The highest BCUT2D eigenvalue weighted by Crippen LogP contribution is 2.62. The van der Waals surface area contributed by atoms with E-state index in [1.807, 2.05) is 27.7 Å². The van der Waals surface area contributed by atoms with Gasteiger partial charge in [-0.3, -0.25) is 9.59 Å². The van der Waals surface area contributed by atoms with Crippen LogP contribution in [0.25, 0.3) is 0 Å². The van der Waals surface area contributed by atoms with Crippen molar-refractivity contribution in [1.29, 1.82) is 0 Å². The van der Waals surface area contributed by atoms with Crippen LogP contribution >= 0.6 is 0 Å². The summed E-state index contributed by atoms with van der Waals surface area (Å²) in [7, 11) is 0. The van der Waals surface area contributed by atoms with Crippen molar-refractivity contribution in [1.82, 2.24) is 0 Å². The molecule has 168 valence electrons. The molecule has 0 aromatic rings. The second-order valence-corrected chi connectivity index (χ2v) is 10.2. The Balaban J connectivity index is 2.20. The molecule has 0 aromatic carbocycles. The smallest absolute Gasteiger partial charge is 0.306 e. The molecule has 0 saturated heterocycles. The van der Waals surface area contributed by atoms with Crippen LogP contribution in [0.4, 0.5) is 0 Å². The van der Waals surface area contributed by atoms with Gasteiger partial charge in [-0.15, -0.1) is 0 Å². The summed E-state index contributed by atoms with van der Waals surface area (Å²) in [5.74, 6) is -1.30. The van der Waals surface area contributed by atoms with E-state index in [9.17, 15) is 24.9 Å². The molecule has 0 heterocycles. The molecule has 0 aromatic heterocycles. The lowest BCUT2D eigenvalue weighted by molar-refractivity contribution is -0.190. The van der Waals surface area contributed by atoms with Gasteiger partial charge in [0, 0.05) is 12.3 Å². The summed E-state index contributed by atoms with van der Waals surface area (Å²) in [6.07, 6.45) is 2.03. The predicted octanol–water partition coefficient (Wildman–Crippen LogP) is 2.56. The Hall–Kier alpha value is -1.50. The van der Waals surface area contributed by atoms with E-state index in [1.165, 1.54) is 0 Å². The maximum atomic E-state index is 14.1. The number of ketones is 1. The van der Waals surface area contributed by atoms with Gasteiger partial charge in [-0.1, -0.05) is 46.8 Å². The summed E-state index contributed by atoms with van der Waals surface area (Å²) in [6.45, 7) is 11.4. The number of allylic oxidation sites excluding steroid dienone is 1. The van der Waals surface area contributed by atoms with Crippen molar-refractivity contribution in [3.8, 4) is 0 Å². The van der Waals surface area contributed by atoms with Gasteiger partial charge in [0.1, 0.15) is 24.4 Å². The van der Waals surface area contributed by atoms with Crippen LogP contribution in [0.5, 0.6) is 0 Å². The number of Topliss-reactive ketones (excluding diaryl/α,β-unsaturated/α-hetero) is 1. The van der Waals surface area contributed by atoms with Crippen molar-refractivity contribution < 1.29 is 29.6 Å². The van der Waals surface area contributed by atoms with Crippen molar-refractivity contribution in [2.75, 3.05) is 6.61 Å². The average molecular weight is 421 g/mol. The third kappa shape index (κ3) is 2.94. The Morgan fingerprint density at radius 2 is 1.83 bits per heavy atom. The zero-order valence-electron chi connectivity index (χ0n) is 18.9. The van der Waals surface area contributed by atoms with Crippen LogP contribution in [0.2, 0.25) is 0 Å². The van der Waals surface area contributed by atoms with Crippen LogP contribution in [-0.2, 0) is 14.3 Å². The van der Waals surface area contributed by atoms with Crippen molar-refractivity contribution in [2.45, 2.75) is 78.6 Å². The minimum atomic E-state index is -2.11. The second kappa shape index (κ2) is 7.57. The molecule has 3 aliphatic rings. The molecule has 4 unspecified atom stereocenters. The van der Waals surface area contributed by atoms with Gasteiger partial charge in [0.25, 0.3) is 0 Å². The SMILES string of the molecule is CCCC(=O)OCC1=CC2C(=O)C3(C=C(C)[C@H](O)[C@@]3(O)[C@@H]1O)C(C)CC(C)C2(C)C. The molecule has 6 nitrogen and oxygen atoms in total. The Bertz CT molecular complexity index is 796. The fourth-order valence-electron chi connectivity index (χ4n) is 5.92. The molecule has 0 radical (unpaired) electrons. The summed E-state index contributed by atoms with van der Waals surface area (Å²) in [4.78, 5) is 26.0. The monoisotopic (exact) mass is 420 g/mol. The van der Waals surface area contributed by atoms with Gasteiger partial charge in [0.15, 0.2) is 5.78 Å². The van der Waals surface area contributed by atoms with Gasteiger partial charge in [-0.2, -0.15) is 0 Å². The van der Waals surface area contributed by atoms with E-state index >= 15 is 0 Å². The summed E-state index contributed by atoms with van der Waals surface area (Å²) in [5.41, 5.74) is -3.20. The van der Waals surface area contributed by atoms with E-state index in [1.54, 1.807) is 19.1 Å². The lowest BCUT2D eigenvalue weighted by Gasteiger charge is -2.47. The largest absolute Gasteiger partial charge is 0.461 e. The average Bonchev–Trinajstić information content (AvgIpc) is 2.82. The van der Waals surface area contributed by atoms with Gasteiger partial charge < -0.3 is 20.1 Å². The summed E-state index contributed by atoms with van der Waals surface area (Å²) >= 11 is 0. The molecule has 7 atom stereocenters. The van der Waals surface area contributed by atoms with Crippen molar-refractivity contribution in [3.05, 3.63) is 23.3 Å². The van der Waals surface area contributed by atoms with E-state index in [0.717, 1.165) is 0 Å². The molecule has 30 heavy (non-hydrogen) atoms. The van der Waals surface area contributed by atoms with Crippen LogP contribution < -0.4 is 0 Å². The van der Waals surface area contributed by atoms with Gasteiger partial charge in [-0.25, -0.2) is 0 Å². The molecular formula is C24H36O6. The van der Waals surface area contributed by atoms with Crippen molar-refractivity contribution >= 4 is 11.8 Å². The third-order valence-electron chi connectivity index (χ3n) is 8.22. The minimum Gasteiger partial charge on any atom is -0.461 e. The second-order valence-electron chi connectivity index (χ2n) is 10.2. The number of carbonyl (C=O) groups excluding carboxylic acids is 2. The molecule has 3 aliphatic carbocycles. The molecule has 0 amide bonds. The van der Waals surface area contributed by atoms with Crippen LogP contribution in [0.15, 0.2) is 23.3 Å². The maximum absolute atomic E-state index is 14.1. The number of fused-ring (bicyclic) bond motifs is 1. The standard InChI is InChI=1S/C24H36O6/c1-7-8-18(25)30-12-16-10-17-21(28)23(15(4)9-14(3)22(17,5)6)11-13(2)19(26)24(23,29)20(16)27/h10-11,14-15,17,19-20,26-27,29H,7-9,12H2,1-6H3/t14?,15?,17?,19-,20+,23?,24+/m0/s1. The number of hydrogen-bond donors (Lipinski definition) is 3. The zero-order chi connectivity index (χ0) is 22.6. The third-order valence-corrected chi connectivity index (χ3v) is 8.22. The first kappa shape index (κ1) is 23.2. The minimum absolute atomic E-state index is 0.159. The summed E-state index contributed by atoms with van der Waals surface area (Å²) in [5, 5.41) is 34.3. The number of esters is 1. The zero-order valence-corrected chi connectivity index (χ0v) is 18.9. The molecule has 3 rings (SSSR count). The number of carbonyl (C=O) groups is 2. The topological polar surface area (TPSA) is 104 Å². The number of aliphatic hydroxyl groups is 3. The highest BCUT2D eigenvalue weighted by atomic mass is 16.5. The van der Waals surface area contributed by atoms with Gasteiger partial charge >= 0.3 is 5.97 Å². The first-order valence-corrected chi connectivity index (χ1v) is 11.0. The fraction of sp³-hybridized carbons (Fsp3) is 0.750. The van der Waals surface area contributed by atoms with Crippen LogP contribution in [-0.4, -0.2) is 51.5 Å². The Labute approximate surface area is 179 Å². The predicted molar refractivity (Wildman–Crippen MR) is 112 cm³/mol. The molecule has 2 bridgehead atoms. The summed E-state index contributed by atoms with van der Waals surface area (Å²) in [6, 6.07) is 0. The molecule has 1 spiro atoms. The quantitative estimate of drug-likeness (QED) is 0.477. The Morgan fingerprint density at radius 3 is 2.43 bits per heavy atom. The molecular weight excluding hydrogens is 384 g/mol. The van der Waals surface area contributed by atoms with E-state index < -0.39 is 40.5 Å². The first-order valence-electron chi connectivity index (χ1n) is 11.0. The van der Waals surface area contributed by atoms with Crippen LogP contribution in [0.1, 0.15) is 60.8 Å².